The topological polar surface area (TPSA) is 60.8 Å². The number of aromatic nitrogens is 3. The first-order valence-corrected chi connectivity index (χ1v) is 5.57. The maximum Gasteiger partial charge on any atom is 0.395 e. The Bertz CT molecular complexity index is 631. The number of ether oxygens (including phenoxy) is 1. The Morgan fingerprint density at radius 2 is 2.50 bits per heavy atom. The van der Waals surface area contributed by atoms with Crippen molar-refractivity contribution in [3.63, 3.8) is 0 Å². The molecule has 0 bridgehead atoms. The molecule has 18 heavy (non-hydrogen) atoms. The minimum absolute atomic E-state index is 0.188. The van der Waals surface area contributed by atoms with Crippen LogP contribution in [-0.4, -0.2) is 27.2 Å². The zero-order valence-corrected chi connectivity index (χ0v) is 10.3. The molecule has 0 saturated carbocycles. The molecule has 0 N–H and O–H groups in total. The molecule has 0 fully saturated rings. The van der Waals surface area contributed by atoms with Crippen molar-refractivity contribution in [2.24, 2.45) is 0 Å². The van der Waals surface area contributed by atoms with Crippen molar-refractivity contribution in [3.8, 4) is 0 Å². The van der Waals surface area contributed by atoms with E-state index in [9.17, 15) is 4.79 Å². The summed E-state index contributed by atoms with van der Waals surface area (Å²) in [5.74, 6) is -0.599. The first-order valence-electron chi connectivity index (χ1n) is 5.19. The summed E-state index contributed by atoms with van der Waals surface area (Å²) in [5.41, 5.74) is 1.01. The summed E-state index contributed by atoms with van der Waals surface area (Å²) in [5, 5.41) is 4.17. The second-order valence-electron chi connectivity index (χ2n) is 3.43. The third-order valence-electron chi connectivity index (χ3n) is 2.33. The number of halogens is 1. The molecule has 0 spiro atoms. The Kier molecular flexibility index (Phi) is 3.44. The van der Waals surface area contributed by atoms with E-state index in [2.05, 4.69) is 14.9 Å². The smallest absolute Gasteiger partial charge is 0.395 e. The van der Waals surface area contributed by atoms with Gasteiger partial charge in [0.2, 0.25) is 0 Å². The molecule has 6 nitrogen and oxygen atoms in total. The number of esters is 1. The van der Waals surface area contributed by atoms with Gasteiger partial charge in [-0.1, -0.05) is 11.6 Å². The van der Waals surface area contributed by atoms with Gasteiger partial charge in [-0.15, -0.1) is 0 Å². The molecule has 0 aromatic carbocycles. The van der Waals surface area contributed by atoms with Gasteiger partial charge in [-0.25, -0.2) is 20.9 Å². The quantitative estimate of drug-likeness (QED) is 0.628. The molecule has 0 aliphatic heterocycles. The lowest BCUT2D eigenvalue weighted by molar-refractivity contribution is -0.143. The second kappa shape index (κ2) is 5.02. The number of fused-ring (bicyclic) bond motifs is 1. The van der Waals surface area contributed by atoms with Crippen LogP contribution in [0.25, 0.3) is 10.4 Å². The van der Waals surface area contributed by atoms with Crippen LogP contribution in [0.4, 0.5) is 0 Å². The molecule has 92 valence electrons. The Morgan fingerprint density at radius 1 is 1.72 bits per heavy atom. The van der Waals surface area contributed by atoms with Gasteiger partial charge in [-0.2, -0.15) is 5.10 Å². The SMILES string of the molecule is [C-]#[N+]C(C(=O)OCC)c1cc(Cl)nn2cncc12. The monoisotopic (exact) mass is 264 g/mol. The molecule has 7 heteroatoms. The second-order valence-corrected chi connectivity index (χ2v) is 3.82. The fraction of sp³-hybridized carbons (Fsp3) is 0.273. The molecule has 0 aliphatic carbocycles. The van der Waals surface area contributed by atoms with Gasteiger partial charge in [0.15, 0.2) is 5.15 Å². The predicted octanol–water partition coefficient (Wildman–Crippen LogP) is 1.91. The van der Waals surface area contributed by atoms with Crippen molar-refractivity contribution in [1.29, 1.82) is 0 Å². The number of carbonyl (C=O) groups excluding carboxylic acids is 1. The van der Waals surface area contributed by atoms with Crippen LogP contribution in [0.5, 0.6) is 0 Å². The van der Waals surface area contributed by atoms with Crippen molar-refractivity contribution >= 4 is 23.1 Å². The lowest BCUT2D eigenvalue weighted by Gasteiger charge is -2.07. The van der Waals surface area contributed by atoms with Crippen LogP contribution in [-0.2, 0) is 9.53 Å². The minimum atomic E-state index is -1.05. The van der Waals surface area contributed by atoms with Crippen molar-refractivity contribution in [1.82, 2.24) is 14.6 Å². The van der Waals surface area contributed by atoms with E-state index < -0.39 is 12.0 Å². The molecular weight excluding hydrogens is 256 g/mol. The zero-order valence-electron chi connectivity index (χ0n) is 9.50. The summed E-state index contributed by atoms with van der Waals surface area (Å²) >= 11 is 5.85. The van der Waals surface area contributed by atoms with E-state index in [-0.39, 0.29) is 11.8 Å². The first kappa shape index (κ1) is 12.3. The van der Waals surface area contributed by atoms with Crippen LogP contribution in [0.1, 0.15) is 18.5 Å². The van der Waals surface area contributed by atoms with E-state index in [0.29, 0.717) is 11.1 Å². The van der Waals surface area contributed by atoms with Crippen LogP contribution in [0.3, 0.4) is 0 Å². The Balaban J connectivity index is 2.54. The summed E-state index contributed by atoms with van der Waals surface area (Å²) in [4.78, 5) is 18.9. The maximum atomic E-state index is 11.7. The lowest BCUT2D eigenvalue weighted by Crippen LogP contribution is -2.14. The predicted molar refractivity (Wildman–Crippen MR) is 64.0 cm³/mol. The normalized spacial score (nSPS) is 12.1. The number of nitrogens with zero attached hydrogens (tertiary/aromatic N) is 4. The van der Waals surface area contributed by atoms with Gasteiger partial charge in [-0.05, 0) is 13.0 Å². The Hall–Kier alpha value is -2.13. The number of hydrogen-bond acceptors (Lipinski definition) is 4. The van der Waals surface area contributed by atoms with E-state index in [4.69, 9.17) is 22.9 Å². The molecule has 2 aromatic heterocycles. The van der Waals surface area contributed by atoms with E-state index in [1.54, 1.807) is 6.92 Å². The van der Waals surface area contributed by atoms with Crippen molar-refractivity contribution in [3.05, 3.63) is 40.7 Å². The van der Waals surface area contributed by atoms with Gasteiger partial charge in [0.1, 0.15) is 6.33 Å². The summed E-state index contributed by atoms with van der Waals surface area (Å²) in [6, 6.07) is 0.433. The molecule has 1 unspecified atom stereocenters. The number of rotatable bonds is 3. The van der Waals surface area contributed by atoms with Crippen molar-refractivity contribution in [2.75, 3.05) is 6.61 Å². The highest BCUT2D eigenvalue weighted by atomic mass is 35.5. The van der Waals surface area contributed by atoms with Gasteiger partial charge in [0.25, 0.3) is 0 Å². The highest BCUT2D eigenvalue weighted by Gasteiger charge is 2.30. The molecule has 0 radical (unpaired) electrons. The summed E-state index contributed by atoms with van der Waals surface area (Å²) < 4.78 is 6.29. The molecule has 0 aliphatic rings. The molecule has 2 heterocycles. The minimum Gasteiger partial charge on any atom is -0.460 e. The summed E-state index contributed by atoms with van der Waals surface area (Å²) in [7, 11) is 0. The number of imidazole rings is 1. The molecule has 2 rings (SSSR count). The fourth-order valence-corrected chi connectivity index (χ4v) is 1.80. The lowest BCUT2D eigenvalue weighted by atomic mass is 10.1. The summed E-state index contributed by atoms with van der Waals surface area (Å²) in [6.07, 6.45) is 2.98. The molecule has 2 aromatic rings. The third kappa shape index (κ3) is 2.13. The largest absolute Gasteiger partial charge is 0.460 e. The third-order valence-corrected chi connectivity index (χ3v) is 2.51. The van der Waals surface area contributed by atoms with Gasteiger partial charge in [0.05, 0.1) is 23.9 Å². The average Bonchev–Trinajstić information content (AvgIpc) is 2.78. The van der Waals surface area contributed by atoms with Crippen LogP contribution in [0.15, 0.2) is 18.6 Å². The number of carbonyl (C=O) groups is 1. The van der Waals surface area contributed by atoms with Gasteiger partial charge in [-0.3, -0.25) is 4.85 Å². The van der Waals surface area contributed by atoms with Crippen LogP contribution in [0.2, 0.25) is 5.15 Å². The van der Waals surface area contributed by atoms with Crippen LogP contribution < -0.4 is 0 Å². The standard InChI is InChI=1S/C11H9ClN4O2/c1-3-18-11(17)10(13-2)7-4-9(12)15-16-6-14-5-8(7)16/h4-6,10H,3H2,1H3. The first-order chi connectivity index (χ1) is 8.67. The maximum absolute atomic E-state index is 11.7. The highest BCUT2D eigenvalue weighted by Crippen LogP contribution is 2.25. The number of hydrogen-bond donors (Lipinski definition) is 0. The van der Waals surface area contributed by atoms with Gasteiger partial charge in [0, 0.05) is 0 Å². The average molecular weight is 265 g/mol. The highest BCUT2D eigenvalue weighted by molar-refractivity contribution is 6.29. The van der Waals surface area contributed by atoms with E-state index >= 15 is 0 Å². The van der Waals surface area contributed by atoms with E-state index in [1.807, 2.05) is 0 Å². The van der Waals surface area contributed by atoms with Crippen LogP contribution in [0, 0.1) is 6.57 Å². The molecule has 0 saturated heterocycles. The fourth-order valence-electron chi connectivity index (χ4n) is 1.60. The molecule has 1 atom stereocenters. The Labute approximate surface area is 108 Å². The van der Waals surface area contributed by atoms with Crippen LogP contribution >= 0.6 is 11.6 Å². The molecular formula is C11H9ClN4O2. The molecule has 0 amide bonds. The zero-order chi connectivity index (χ0) is 13.1. The van der Waals surface area contributed by atoms with Gasteiger partial charge >= 0.3 is 12.0 Å². The van der Waals surface area contributed by atoms with Crippen molar-refractivity contribution in [2.45, 2.75) is 13.0 Å². The Morgan fingerprint density at radius 3 is 3.17 bits per heavy atom. The van der Waals surface area contributed by atoms with E-state index in [1.165, 1.54) is 23.1 Å². The van der Waals surface area contributed by atoms with Gasteiger partial charge < -0.3 is 4.74 Å². The van der Waals surface area contributed by atoms with E-state index in [0.717, 1.165) is 0 Å². The van der Waals surface area contributed by atoms with Crippen molar-refractivity contribution < 1.29 is 9.53 Å². The summed E-state index contributed by atoms with van der Waals surface area (Å²) in [6.45, 7) is 9.04.